The van der Waals surface area contributed by atoms with Gasteiger partial charge in [0.1, 0.15) is 0 Å². The molecule has 1 heterocycles. The third-order valence-electron chi connectivity index (χ3n) is 3.01. The summed E-state index contributed by atoms with van der Waals surface area (Å²) in [5.74, 6) is -0.367. The van der Waals surface area contributed by atoms with E-state index >= 15 is 0 Å². The first kappa shape index (κ1) is 14.8. The molecule has 0 aliphatic heterocycles. The number of rotatable bonds is 6. The summed E-state index contributed by atoms with van der Waals surface area (Å²) < 4.78 is 2.02. The maximum absolute atomic E-state index is 11.9. The standard InChI is InChI=1S/C13H19ClN2O2/c1-8-7-11(13(18)9(2)14)10(3)16(8)6-4-5-12(15)17/h7,9H,4-6H2,1-3H3,(H2,15,17). The molecule has 2 N–H and O–H groups in total. The third-order valence-corrected chi connectivity index (χ3v) is 3.20. The minimum Gasteiger partial charge on any atom is -0.370 e. The van der Waals surface area contributed by atoms with Crippen molar-refractivity contribution in [2.75, 3.05) is 0 Å². The van der Waals surface area contributed by atoms with E-state index in [4.69, 9.17) is 17.3 Å². The monoisotopic (exact) mass is 270 g/mol. The first-order chi connectivity index (χ1) is 8.34. The van der Waals surface area contributed by atoms with E-state index in [2.05, 4.69) is 0 Å². The van der Waals surface area contributed by atoms with Gasteiger partial charge in [0.15, 0.2) is 5.78 Å². The number of alkyl halides is 1. The second-order valence-corrected chi connectivity index (χ2v) is 5.14. The van der Waals surface area contributed by atoms with Gasteiger partial charge in [-0.2, -0.15) is 0 Å². The Kier molecular flexibility index (Phi) is 4.96. The summed E-state index contributed by atoms with van der Waals surface area (Å²) in [5.41, 5.74) is 7.66. The Hall–Kier alpha value is -1.29. The Bertz CT molecular complexity index is 464. The predicted molar refractivity (Wildman–Crippen MR) is 72.0 cm³/mol. The lowest BCUT2D eigenvalue weighted by Gasteiger charge is -2.09. The maximum Gasteiger partial charge on any atom is 0.217 e. The zero-order chi connectivity index (χ0) is 13.9. The molecular formula is C13H19ClN2O2. The molecule has 1 unspecified atom stereocenters. The molecule has 1 atom stereocenters. The molecule has 0 saturated carbocycles. The molecule has 0 aliphatic carbocycles. The van der Waals surface area contributed by atoms with Gasteiger partial charge < -0.3 is 10.3 Å². The van der Waals surface area contributed by atoms with Crippen LogP contribution in [0, 0.1) is 13.8 Å². The van der Waals surface area contributed by atoms with Crippen LogP contribution in [0.4, 0.5) is 0 Å². The molecule has 4 nitrogen and oxygen atoms in total. The molecule has 0 fully saturated rings. The fourth-order valence-electron chi connectivity index (χ4n) is 2.02. The Labute approximate surface area is 112 Å². The topological polar surface area (TPSA) is 65.1 Å². The van der Waals surface area contributed by atoms with Crippen LogP contribution >= 0.6 is 11.6 Å². The van der Waals surface area contributed by atoms with Gasteiger partial charge in [0, 0.05) is 29.9 Å². The van der Waals surface area contributed by atoms with Gasteiger partial charge in [0.2, 0.25) is 5.91 Å². The average molecular weight is 271 g/mol. The SMILES string of the molecule is Cc1cc(C(=O)C(C)Cl)c(C)n1CCCC(N)=O. The molecule has 0 spiro atoms. The Morgan fingerprint density at radius 3 is 2.56 bits per heavy atom. The van der Waals surface area contributed by atoms with Crippen molar-refractivity contribution in [1.29, 1.82) is 0 Å². The van der Waals surface area contributed by atoms with Crippen LogP contribution in [0.2, 0.25) is 0 Å². The van der Waals surface area contributed by atoms with Crippen LogP contribution in [-0.2, 0) is 11.3 Å². The lowest BCUT2D eigenvalue weighted by atomic mass is 10.1. The smallest absolute Gasteiger partial charge is 0.217 e. The highest BCUT2D eigenvalue weighted by molar-refractivity contribution is 6.33. The van der Waals surface area contributed by atoms with Gasteiger partial charge in [0.05, 0.1) is 5.38 Å². The van der Waals surface area contributed by atoms with Crippen molar-refractivity contribution in [3.05, 3.63) is 23.0 Å². The molecule has 0 radical (unpaired) electrons. The number of halogens is 1. The number of amides is 1. The number of aryl methyl sites for hydroxylation is 1. The minimum atomic E-state index is -0.524. The quantitative estimate of drug-likeness (QED) is 0.636. The highest BCUT2D eigenvalue weighted by Crippen LogP contribution is 2.19. The zero-order valence-corrected chi connectivity index (χ0v) is 11.8. The van der Waals surface area contributed by atoms with Crippen LogP contribution in [0.1, 0.15) is 41.5 Å². The van der Waals surface area contributed by atoms with Gasteiger partial charge in [-0.1, -0.05) is 0 Å². The first-order valence-corrected chi connectivity index (χ1v) is 6.41. The van der Waals surface area contributed by atoms with Crippen LogP contribution in [0.5, 0.6) is 0 Å². The highest BCUT2D eigenvalue weighted by atomic mass is 35.5. The molecule has 1 amide bonds. The number of nitrogens with two attached hydrogens (primary N) is 1. The summed E-state index contributed by atoms with van der Waals surface area (Å²) in [4.78, 5) is 22.6. The molecule has 0 aromatic carbocycles. The van der Waals surface area contributed by atoms with Gasteiger partial charge in [0.25, 0.3) is 0 Å². The summed E-state index contributed by atoms with van der Waals surface area (Å²) in [6.45, 7) is 6.18. The largest absolute Gasteiger partial charge is 0.370 e. The van der Waals surface area contributed by atoms with Gasteiger partial charge in [-0.3, -0.25) is 9.59 Å². The second kappa shape index (κ2) is 6.05. The van der Waals surface area contributed by atoms with E-state index in [1.807, 2.05) is 24.5 Å². The van der Waals surface area contributed by atoms with Crippen molar-refractivity contribution in [1.82, 2.24) is 4.57 Å². The molecule has 18 heavy (non-hydrogen) atoms. The molecule has 1 rings (SSSR count). The number of aromatic nitrogens is 1. The number of primary amides is 1. The van der Waals surface area contributed by atoms with Crippen molar-refractivity contribution in [2.45, 2.75) is 45.5 Å². The molecule has 100 valence electrons. The molecule has 1 aromatic heterocycles. The molecule has 0 bridgehead atoms. The van der Waals surface area contributed by atoms with Crippen molar-refractivity contribution < 1.29 is 9.59 Å². The summed E-state index contributed by atoms with van der Waals surface area (Å²) in [6.07, 6.45) is 1.03. The minimum absolute atomic E-state index is 0.0640. The van der Waals surface area contributed by atoms with Crippen molar-refractivity contribution in [2.24, 2.45) is 5.73 Å². The normalized spacial score (nSPS) is 12.4. The van der Waals surface area contributed by atoms with Crippen LogP contribution in [0.3, 0.4) is 0 Å². The Morgan fingerprint density at radius 2 is 2.06 bits per heavy atom. The van der Waals surface area contributed by atoms with Crippen molar-refractivity contribution >= 4 is 23.3 Å². The molecule has 0 saturated heterocycles. The average Bonchev–Trinajstić information content (AvgIpc) is 2.55. The second-order valence-electron chi connectivity index (χ2n) is 4.49. The number of nitrogens with zero attached hydrogens (tertiary/aromatic N) is 1. The van der Waals surface area contributed by atoms with Crippen molar-refractivity contribution in [3.8, 4) is 0 Å². The number of hydrogen-bond donors (Lipinski definition) is 1. The highest BCUT2D eigenvalue weighted by Gasteiger charge is 2.19. The van der Waals surface area contributed by atoms with Gasteiger partial charge >= 0.3 is 0 Å². The molecular weight excluding hydrogens is 252 g/mol. The first-order valence-electron chi connectivity index (χ1n) is 5.98. The van der Waals surface area contributed by atoms with Crippen molar-refractivity contribution in [3.63, 3.8) is 0 Å². The fourth-order valence-corrected chi connectivity index (χ4v) is 2.14. The van der Waals surface area contributed by atoms with Gasteiger partial charge in [-0.05, 0) is 33.3 Å². The van der Waals surface area contributed by atoms with E-state index < -0.39 is 5.38 Å². The molecule has 0 aliphatic rings. The van der Waals surface area contributed by atoms with Gasteiger partial charge in [-0.15, -0.1) is 11.6 Å². The molecule has 5 heteroatoms. The Morgan fingerprint density at radius 1 is 1.44 bits per heavy atom. The van der Waals surface area contributed by atoms with Crippen LogP contribution < -0.4 is 5.73 Å². The maximum atomic E-state index is 11.9. The number of carbonyl (C=O) groups excluding carboxylic acids is 2. The van der Waals surface area contributed by atoms with Gasteiger partial charge in [-0.25, -0.2) is 0 Å². The lowest BCUT2D eigenvalue weighted by molar-refractivity contribution is -0.118. The summed E-state index contributed by atoms with van der Waals surface area (Å²) in [6, 6.07) is 1.85. The van der Waals surface area contributed by atoms with E-state index in [0.717, 1.165) is 11.4 Å². The van der Waals surface area contributed by atoms with E-state index in [1.54, 1.807) is 6.92 Å². The number of carbonyl (C=O) groups is 2. The van der Waals surface area contributed by atoms with E-state index in [0.29, 0.717) is 24.9 Å². The number of ketones is 1. The van der Waals surface area contributed by atoms with Crippen LogP contribution in [0.25, 0.3) is 0 Å². The number of hydrogen-bond acceptors (Lipinski definition) is 2. The zero-order valence-electron chi connectivity index (χ0n) is 11.0. The van der Waals surface area contributed by atoms with E-state index in [-0.39, 0.29) is 11.7 Å². The third kappa shape index (κ3) is 3.35. The van der Waals surface area contributed by atoms with E-state index in [1.165, 1.54) is 0 Å². The summed E-state index contributed by atoms with van der Waals surface area (Å²) in [7, 11) is 0. The van der Waals surface area contributed by atoms with E-state index in [9.17, 15) is 9.59 Å². The lowest BCUT2D eigenvalue weighted by Crippen LogP contribution is -2.14. The predicted octanol–water partition coefficient (Wildman–Crippen LogP) is 2.18. The van der Waals surface area contributed by atoms with Crippen LogP contribution in [-0.4, -0.2) is 21.6 Å². The fraction of sp³-hybridized carbons (Fsp3) is 0.538. The Balaban J connectivity index is 2.87. The summed E-state index contributed by atoms with van der Waals surface area (Å²) in [5, 5.41) is -0.524. The number of Topliss-reactive ketones (excluding diaryl/α,β-unsaturated/α-hetero) is 1. The van der Waals surface area contributed by atoms with Crippen LogP contribution in [0.15, 0.2) is 6.07 Å². The summed E-state index contributed by atoms with van der Waals surface area (Å²) >= 11 is 5.82. The molecule has 1 aromatic rings.